The molecular formula is C27H37NO3Si2. The van der Waals surface area contributed by atoms with E-state index in [2.05, 4.69) is 100 Å². The Labute approximate surface area is 201 Å². The molecule has 6 heteroatoms. The van der Waals surface area contributed by atoms with Crippen LogP contribution in [0.15, 0.2) is 60.7 Å². The van der Waals surface area contributed by atoms with E-state index >= 15 is 0 Å². The molecule has 3 rings (SSSR count). The molecule has 1 unspecified atom stereocenters. The molecule has 0 aliphatic carbocycles. The maximum atomic E-state index is 12.1. The molecule has 2 atom stereocenters. The number of nitrogens with zero attached hydrogens (tertiary/aromatic N) is 1. The Morgan fingerprint density at radius 1 is 1.03 bits per heavy atom. The minimum Gasteiger partial charge on any atom is -0.465 e. The van der Waals surface area contributed by atoms with Crippen molar-refractivity contribution in [3.63, 3.8) is 0 Å². The van der Waals surface area contributed by atoms with E-state index in [0.29, 0.717) is 13.2 Å². The third-order valence-electron chi connectivity index (χ3n) is 6.22. The fourth-order valence-corrected chi connectivity index (χ4v) is 9.95. The summed E-state index contributed by atoms with van der Waals surface area (Å²) in [5, 5.41) is 12.2. The molecule has 0 spiro atoms. The summed E-state index contributed by atoms with van der Waals surface area (Å²) in [6.07, 6.45) is -0.162. The number of benzene rings is 2. The molecule has 1 fully saturated rings. The lowest BCUT2D eigenvalue weighted by Gasteiger charge is -2.44. The van der Waals surface area contributed by atoms with Crippen LogP contribution in [0.25, 0.3) is 0 Å². The summed E-state index contributed by atoms with van der Waals surface area (Å²) in [6.45, 7) is 14.2. The van der Waals surface area contributed by atoms with Gasteiger partial charge in [0, 0.05) is 12.5 Å². The van der Waals surface area contributed by atoms with Crippen LogP contribution in [0.4, 0.5) is 4.79 Å². The lowest BCUT2D eigenvalue weighted by Crippen LogP contribution is -2.67. The van der Waals surface area contributed by atoms with Gasteiger partial charge in [-0.2, -0.15) is 0 Å². The SMILES string of the molecule is CC(C)(C)[Si](OC[C@H]1CC(C#C[Si](C)(C)C)CN1C(=O)O)(c1ccccc1)c1ccccc1. The highest BCUT2D eigenvalue weighted by molar-refractivity contribution is 6.99. The highest BCUT2D eigenvalue weighted by atomic mass is 28.4. The molecule has 2 aromatic carbocycles. The molecule has 1 aliphatic heterocycles. The summed E-state index contributed by atoms with van der Waals surface area (Å²) in [5.41, 5.74) is 3.43. The zero-order chi connectivity index (χ0) is 24.3. The molecule has 0 radical (unpaired) electrons. The summed E-state index contributed by atoms with van der Waals surface area (Å²) < 4.78 is 7.02. The third kappa shape index (κ3) is 5.78. The van der Waals surface area contributed by atoms with E-state index in [1.54, 1.807) is 4.90 Å². The molecule has 2 aromatic rings. The molecular weight excluding hydrogens is 442 g/mol. The highest BCUT2D eigenvalue weighted by Gasteiger charge is 2.51. The van der Waals surface area contributed by atoms with Gasteiger partial charge in [-0.15, -0.1) is 11.5 Å². The standard InChI is InChI=1S/C27H37NO3Si2/c1-27(2,3)33(24-13-9-7-10-14-24,25-15-11-8-12-16-25)31-21-23-19-22(17-18-32(4,5)6)20-28(23)26(29)30/h7-16,22-23H,19-21H2,1-6H3,(H,29,30)/t22?,23-/m1/s1. The molecule has 1 N–H and O–H groups in total. The van der Waals surface area contributed by atoms with Gasteiger partial charge in [-0.05, 0) is 21.8 Å². The number of likely N-dealkylation sites (tertiary alicyclic amines) is 1. The molecule has 33 heavy (non-hydrogen) atoms. The van der Waals surface area contributed by atoms with Gasteiger partial charge in [-0.3, -0.25) is 0 Å². The Bertz CT molecular complexity index is 961. The van der Waals surface area contributed by atoms with Crippen LogP contribution in [-0.2, 0) is 4.43 Å². The molecule has 0 bridgehead atoms. The molecule has 1 aliphatic rings. The summed E-state index contributed by atoms with van der Waals surface area (Å²) in [7, 11) is -4.21. The van der Waals surface area contributed by atoms with Gasteiger partial charge in [-0.25, -0.2) is 4.79 Å². The first-order valence-corrected chi connectivity index (χ1v) is 17.1. The molecule has 4 nitrogen and oxygen atoms in total. The van der Waals surface area contributed by atoms with Crippen molar-refractivity contribution in [3.8, 4) is 11.5 Å². The van der Waals surface area contributed by atoms with Crippen LogP contribution in [-0.4, -0.2) is 51.7 Å². The van der Waals surface area contributed by atoms with E-state index in [4.69, 9.17) is 4.43 Å². The predicted molar refractivity (Wildman–Crippen MR) is 141 cm³/mol. The average molecular weight is 480 g/mol. The second-order valence-electron chi connectivity index (χ2n) is 11.0. The Morgan fingerprint density at radius 3 is 1.97 bits per heavy atom. The fourth-order valence-electron chi connectivity index (χ4n) is 4.71. The first-order chi connectivity index (χ1) is 15.4. The van der Waals surface area contributed by atoms with Crippen molar-refractivity contribution in [3.05, 3.63) is 60.7 Å². The highest BCUT2D eigenvalue weighted by Crippen LogP contribution is 2.37. The van der Waals surface area contributed by atoms with E-state index < -0.39 is 22.5 Å². The Morgan fingerprint density at radius 2 is 1.55 bits per heavy atom. The summed E-state index contributed by atoms with van der Waals surface area (Å²) in [6, 6.07) is 20.8. The lowest BCUT2D eigenvalue weighted by atomic mass is 10.1. The minimum absolute atomic E-state index is 0.0700. The van der Waals surface area contributed by atoms with Gasteiger partial charge in [0.1, 0.15) is 8.07 Å². The second kappa shape index (κ2) is 9.88. The molecule has 1 heterocycles. The Hall–Kier alpha value is -2.34. The number of amides is 1. The van der Waals surface area contributed by atoms with E-state index in [-0.39, 0.29) is 17.0 Å². The number of hydrogen-bond acceptors (Lipinski definition) is 2. The topological polar surface area (TPSA) is 49.8 Å². The van der Waals surface area contributed by atoms with Crippen molar-refractivity contribution in [2.45, 2.75) is 57.9 Å². The van der Waals surface area contributed by atoms with Gasteiger partial charge < -0.3 is 14.4 Å². The third-order valence-corrected chi connectivity index (χ3v) is 12.1. The van der Waals surface area contributed by atoms with E-state index in [1.807, 2.05) is 12.1 Å². The van der Waals surface area contributed by atoms with Gasteiger partial charge in [0.05, 0.1) is 12.6 Å². The van der Waals surface area contributed by atoms with E-state index in [1.165, 1.54) is 10.4 Å². The zero-order valence-electron chi connectivity index (χ0n) is 20.8. The maximum absolute atomic E-state index is 12.1. The van der Waals surface area contributed by atoms with Gasteiger partial charge in [0.2, 0.25) is 0 Å². The van der Waals surface area contributed by atoms with Crippen LogP contribution in [0.2, 0.25) is 24.7 Å². The molecule has 176 valence electrons. The van der Waals surface area contributed by atoms with Crippen LogP contribution in [0, 0.1) is 17.4 Å². The van der Waals surface area contributed by atoms with Crippen molar-refractivity contribution >= 4 is 32.9 Å². The van der Waals surface area contributed by atoms with Crippen molar-refractivity contribution in [1.82, 2.24) is 4.90 Å². The van der Waals surface area contributed by atoms with Crippen LogP contribution in [0.1, 0.15) is 27.2 Å². The molecule has 0 saturated carbocycles. The maximum Gasteiger partial charge on any atom is 0.407 e. The lowest BCUT2D eigenvalue weighted by molar-refractivity contribution is 0.121. The first-order valence-electron chi connectivity index (χ1n) is 11.7. The largest absolute Gasteiger partial charge is 0.465 e. The van der Waals surface area contributed by atoms with E-state index in [0.717, 1.165) is 6.42 Å². The van der Waals surface area contributed by atoms with Crippen molar-refractivity contribution in [1.29, 1.82) is 0 Å². The monoisotopic (exact) mass is 479 g/mol. The van der Waals surface area contributed by atoms with Crippen molar-refractivity contribution < 1.29 is 14.3 Å². The summed E-state index contributed by atoms with van der Waals surface area (Å²) in [4.78, 5) is 13.6. The number of rotatable bonds is 5. The average Bonchev–Trinajstić information content (AvgIpc) is 3.16. The summed E-state index contributed by atoms with van der Waals surface area (Å²) >= 11 is 0. The van der Waals surface area contributed by atoms with Gasteiger partial charge in [-0.1, -0.05) is 101 Å². The van der Waals surface area contributed by atoms with Crippen LogP contribution >= 0.6 is 0 Å². The fraction of sp³-hybridized carbons (Fsp3) is 0.444. The number of hydrogen-bond donors (Lipinski definition) is 1. The normalized spacial score (nSPS) is 19.2. The van der Waals surface area contributed by atoms with Gasteiger partial charge in [0.15, 0.2) is 0 Å². The second-order valence-corrected chi connectivity index (χ2v) is 20.1. The van der Waals surface area contributed by atoms with Crippen LogP contribution in [0.3, 0.4) is 0 Å². The summed E-state index contributed by atoms with van der Waals surface area (Å²) in [5.74, 6) is 3.46. The van der Waals surface area contributed by atoms with Crippen LogP contribution < -0.4 is 10.4 Å². The molecule has 0 aromatic heterocycles. The van der Waals surface area contributed by atoms with E-state index in [9.17, 15) is 9.90 Å². The Kier molecular flexibility index (Phi) is 7.57. The smallest absolute Gasteiger partial charge is 0.407 e. The van der Waals surface area contributed by atoms with Crippen molar-refractivity contribution in [2.75, 3.05) is 13.2 Å². The van der Waals surface area contributed by atoms with Gasteiger partial charge in [0.25, 0.3) is 8.32 Å². The quantitative estimate of drug-likeness (QED) is 0.494. The molecule has 1 amide bonds. The molecule has 1 saturated heterocycles. The zero-order valence-corrected chi connectivity index (χ0v) is 22.8. The predicted octanol–water partition coefficient (Wildman–Crippen LogP) is 4.81. The minimum atomic E-state index is -2.70. The van der Waals surface area contributed by atoms with Crippen molar-refractivity contribution in [2.24, 2.45) is 5.92 Å². The number of carbonyl (C=O) groups is 1. The first kappa shape index (κ1) is 25.3. The number of carboxylic acid groups (broad SMARTS) is 1. The van der Waals surface area contributed by atoms with Crippen LogP contribution in [0.5, 0.6) is 0 Å². The van der Waals surface area contributed by atoms with Gasteiger partial charge >= 0.3 is 6.09 Å². The Balaban J connectivity index is 1.97.